The predicted molar refractivity (Wildman–Crippen MR) is 107 cm³/mol. The summed E-state index contributed by atoms with van der Waals surface area (Å²) in [5.74, 6) is -0.272. The monoisotopic (exact) mass is 385 g/mol. The number of alkyl carbamates (subject to hydrolysis) is 1. The Kier molecular flexibility index (Phi) is 6.62. The number of aryl methyl sites for hydroxylation is 2. The van der Waals surface area contributed by atoms with Gasteiger partial charge in [0.1, 0.15) is 5.60 Å². The maximum Gasteiger partial charge on any atom is 0.407 e. The van der Waals surface area contributed by atoms with Crippen LogP contribution in [0.1, 0.15) is 53.5 Å². The van der Waals surface area contributed by atoms with Crippen molar-refractivity contribution in [2.75, 3.05) is 0 Å². The van der Waals surface area contributed by atoms with Gasteiger partial charge in [0.25, 0.3) is 11.5 Å². The quantitative estimate of drug-likeness (QED) is 0.737. The highest BCUT2D eigenvalue weighted by Crippen LogP contribution is 2.09. The molecular weight excluding hydrogens is 358 g/mol. The van der Waals surface area contributed by atoms with E-state index in [0.717, 1.165) is 16.8 Å². The number of carbonyl (C=O) groups excluding carboxylic acids is 2. The first kappa shape index (κ1) is 21.2. The number of pyridine rings is 1. The summed E-state index contributed by atoms with van der Waals surface area (Å²) in [5, 5.41) is 5.43. The van der Waals surface area contributed by atoms with Crippen molar-refractivity contribution in [3.05, 3.63) is 68.6 Å². The summed E-state index contributed by atoms with van der Waals surface area (Å²) in [6.07, 6.45) is -0.493. The Labute approximate surface area is 164 Å². The molecule has 0 aliphatic carbocycles. The average molecular weight is 385 g/mol. The zero-order valence-electron chi connectivity index (χ0n) is 16.9. The van der Waals surface area contributed by atoms with E-state index in [-0.39, 0.29) is 18.0 Å². The van der Waals surface area contributed by atoms with Crippen LogP contribution in [0.2, 0.25) is 0 Å². The number of amides is 2. The lowest BCUT2D eigenvalue weighted by Gasteiger charge is -2.19. The summed E-state index contributed by atoms with van der Waals surface area (Å²) >= 11 is 0. The van der Waals surface area contributed by atoms with E-state index in [2.05, 4.69) is 15.6 Å². The van der Waals surface area contributed by atoms with E-state index in [1.54, 1.807) is 45.0 Å². The predicted octanol–water partition coefficient (Wildman–Crippen LogP) is 2.95. The fraction of sp³-hybridized carbons (Fsp3) is 0.381. The zero-order chi connectivity index (χ0) is 20.9. The summed E-state index contributed by atoms with van der Waals surface area (Å²) in [4.78, 5) is 38.8. The Bertz CT molecular complexity index is 909. The summed E-state index contributed by atoms with van der Waals surface area (Å²) in [7, 11) is 0. The molecule has 28 heavy (non-hydrogen) atoms. The molecule has 2 rings (SSSR count). The van der Waals surface area contributed by atoms with E-state index in [1.807, 2.05) is 19.9 Å². The molecule has 1 aromatic heterocycles. The van der Waals surface area contributed by atoms with Crippen molar-refractivity contribution in [2.45, 2.75) is 53.3 Å². The highest BCUT2D eigenvalue weighted by Gasteiger charge is 2.15. The third-order valence-electron chi connectivity index (χ3n) is 3.97. The molecule has 1 heterocycles. The second kappa shape index (κ2) is 8.73. The zero-order valence-corrected chi connectivity index (χ0v) is 16.9. The van der Waals surface area contributed by atoms with Gasteiger partial charge in [0, 0.05) is 29.9 Å². The van der Waals surface area contributed by atoms with E-state index >= 15 is 0 Å². The lowest BCUT2D eigenvalue weighted by Crippen LogP contribution is -2.32. The smallest absolute Gasteiger partial charge is 0.407 e. The summed E-state index contributed by atoms with van der Waals surface area (Å²) in [6.45, 7) is 9.51. The van der Waals surface area contributed by atoms with E-state index in [0.29, 0.717) is 17.7 Å². The third kappa shape index (κ3) is 6.26. The molecule has 3 N–H and O–H groups in total. The van der Waals surface area contributed by atoms with Gasteiger partial charge in [-0.1, -0.05) is 12.1 Å². The summed E-state index contributed by atoms with van der Waals surface area (Å²) < 4.78 is 5.18. The Hall–Kier alpha value is -3.09. The molecule has 150 valence electrons. The van der Waals surface area contributed by atoms with Crippen LogP contribution >= 0.6 is 0 Å². The second-order valence-corrected chi connectivity index (χ2v) is 7.68. The highest BCUT2D eigenvalue weighted by atomic mass is 16.6. The SMILES string of the molecule is Cc1cc(C)c(CNC(=O)c2ccc(CNC(=O)OC(C)(C)C)cc2)c(=O)[nH]1. The molecule has 0 bridgehead atoms. The number of rotatable bonds is 5. The van der Waals surface area contributed by atoms with Crippen LogP contribution in [-0.2, 0) is 17.8 Å². The molecule has 0 saturated carbocycles. The lowest BCUT2D eigenvalue weighted by molar-refractivity contribution is 0.0523. The topological polar surface area (TPSA) is 100 Å². The second-order valence-electron chi connectivity index (χ2n) is 7.68. The molecule has 7 heteroatoms. The molecule has 0 unspecified atom stereocenters. The number of benzene rings is 1. The molecule has 1 aromatic carbocycles. The van der Waals surface area contributed by atoms with Crippen LogP contribution in [0, 0.1) is 13.8 Å². The minimum atomic E-state index is -0.552. The Morgan fingerprint density at radius 1 is 1.04 bits per heavy atom. The minimum Gasteiger partial charge on any atom is -0.444 e. The number of aromatic amines is 1. The van der Waals surface area contributed by atoms with Gasteiger partial charge in [-0.05, 0) is 63.9 Å². The number of nitrogens with one attached hydrogen (secondary N) is 3. The maximum atomic E-state index is 12.3. The molecule has 0 atom stereocenters. The van der Waals surface area contributed by atoms with E-state index in [9.17, 15) is 14.4 Å². The van der Waals surface area contributed by atoms with Crippen LogP contribution in [0.3, 0.4) is 0 Å². The largest absolute Gasteiger partial charge is 0.444 e. The van der Waals surface area contributed by atoms with Crippen LogP contribution in [0.5, 0.6) is 0 Å². The fourth-order valence-corrected chi connectivity index (χ4v) is 2.63. The van der Waals surface area contributed by atoms with Crippen LogP contribution in [0.15, 0.2) is 35.1 Å². The number of hydrogen-bond acceptors (Lipinski definition) is 4. The molecule has 0 radical (unpaired) electrons. The molecular formula is C21H27N3O4. The van der Waals surface area contributed by atoms with Gasteiger partial charge in [0.15, 0.2) is 0 Å². The van der Waals surface area contributed by atoms with Gasteiger partial charge in [-0.2, -0.15) is 0 Å². The van der Waals surface area contributed by atoms with Crippen LogP contribution in [-0.4, -0.2) is 22.6 Å². The Morgan fingerprint density at radius 2 is 1.68 bits per heavy atom. The van der Waals surface area contributed by atoms with Crippen molar-refractivity contribution >= 4 is 12.0 Å². The third-order valence-corrected chi connectivity index (χ3v) is 3.97. The number of carbonyl (C=O) groups is 2. The minimum absolute atomic E-state index is 0.155. The number of H-pyrrole nitrogens is 1. The molecule has 0 aliphatic heterocycles. The average Bonchev–Trinajstić information content (AvgIpc) is 2.58. The van der Waals surface area contributed by atoms with Crippen molar-refractivity contribution in [2.24, 2.45) is 0 Å². The Morgan fingerprint density at radius 3 is 2.25 bits per heavy atom. The number of ether oxygens (including phenoxy) is 1. The van der Waals surface area contributed by atoms with Crippen molar-refractivity contribution in [3.8, 4) is 0 Å². The van der Waals surface area contributed by atoms with Gasteiger partial charge < -0.3 is 20.4 Å². The van der Waals surface area contributed by atoms with Gasteiger partial charge in [0.05, 0.1) is 0 Å². The van der Waals surface area contributed by atoms with Gasteiger partial charge in [-0.3, -0.25) is 9.59 Å². The molecule has 7 nitrogen and oxygen atoms in total. The van der Waals surface area contributed by atoms with Crippen LogP contribution < -0.4 is 16.2 Å². The van der Waals surface area contributed by atoms with Crippen molar-refractivity contribution in [1.29, 1.82) is 0 Å². The molecule has 2 amide bonds. The first-order valence-electron chi connectivity index (χ1n) is 9.08. The fourth-order valence-electron chi connectivity index (χ4n) is 2.63. The molecule has 2 aromatic rings. The van der Waals surface area contributed by atoms with E-state index in [1.165, 1.54) is 0 Å². The van der Waals surface area contributed by atoms with Gasteiger partial charge in [0.2, 0.25) is 0 Å². The van der Waals surface area contributed by atoms with Crippen molar-refractivity contribution < 1.29 is 14.3 Å². The van der Waals surface area contributed by atoms with Gasteiger partial charge in [-0.15, -0.1) is 0 Å². The first-order valence-corrected chi connectivity index (χ1v) is 9.08. The maximum absolute atomic E-state index is 12.3. The standard InChI is InChI=1S/C21H27N3O4/c1-13-10-14(2)24-19(26)17(13)12-22-18(25)16-8-6-15(7-9-16)11-23-20(27)28-21(3,4)5/h6-10H,11-12H2,1-5H3,(H,22,25)(H,23,27)(H,24,26). The van der Waals surface area contributed by atoms with Gasteiger partial charge in [-0.25, -0.2) is 4.79 Å². The number of aromatic nitrogens is 1. The molecule has 0 spiro atoms. The summed E-state index contributed by atoms with van der Waals surface area (Å²) in [5.41, 5.74) is 2.73. The van der Waals surface area contributed by atoms with Gasteiger partial charge >= 0.3 is 6.09 Å². The van der Waals surface area contributed by atoms with E-state index in [4.69, 9.17) is 4.74 Å². The normalized spacial score (nSPS) is 11.0. The summed E-state index contributed by atoms with van der Waals surface area (Å²) in [6, 6.07) is 8.74. The van der Waals surface area contributed by atoms with E-state index < -0.39 is 11.7 Å². The lowest BCUT2D eigenvalue weighted by atomic mass is 10.1. The first-order chi connectivity index (χ1) is 13.0. The molecule has 0 fully saturated rings. The van der Waals surface area contributed by atoms with Crippen LogP contribution in [0.4, 0.5) is 4.79 Å². The van der Waals surface area contributed by atoms with Crippen LogP contribution in [0.25, 0.3) is 0 Å². The highest BCUT2D eigenvalue weighted by molar-refractivity contribution is 5.94. The number of hydrogen-bond donors (Lipinski definition) is 3. The molecule has 0 aliphatic rings. The van der Waals surface area contributed by atoms with Crippen molar-refractivity contribution in [3.63, 3.8) is 0 Å². The Balaban J connectivity index is 1.92. The molecule has 0 saturated heterocycles. The van der Waals surface area contributed by atoms with Crippen molar-refractivity contribution in [1.82, 2.24) is 15.6 Å².